The van der Waals surface area contributed by atoms with Gasteiger partial charge in [-0.15, -0.1) is 0 Å². The van der Waals surface area contributed by atoms with Crippen LogP contribution < -0.4 is 10.6 Å². The van der Waals surface area contributed by atoms with E-state index in [1.165, 1.54) is 0 Å². The standard InChI is InChI=1S/C26H43N3O4/c1-17(2)14-15-20(6)29(22(30)16-27-25(32)33-26(7,8)9)23(24(31)28-18(3)4)21-13-11-10-12-19(21)5/h10-13,17-18,20,23H,14-16H2,1-9H3,(H,27,32)(H,28,31). The molecular formula is C26H43N3O4. The van der Waals surface area contributed by atoms with Gasteiger partial charge in [-0.3, -0.25) is 9.59 Å². The van der Waals surface area contributed by atoms with Crippen molar-refractivity contribution in [1.82, 2.24) is 15.5 Å². The van der Waals surface area contributed by atoms with Gasteiger partial charge in [0.05, 0.1) is 0 Å². The molecule has 33 heavy (non-hydrogen) atoms. The molecule has 1 aromatic carbocycles. The van der Waals surface area contributed by atoms with Gasteiger partial charge in [0.2, 0.25) is 11.8 Å². The Balaban J connectivity index is 3.33. The summed E-state index contributed by atoms with van der Waals surface area (Å²) in [5.41, 5.74) is 1.03. The smallest absolute Gasteiger partial charge is 0.408 e. The average molecular weight is 462 g/mol. The van der Waals surface area contributed by atoms with E-state index in [4.69, 9.17) is 4.74 Å². The van der Waals surface area contributed by atoms with Crippen LogP contribution in [-0.4, -0.2) is 47.0 Å². The maximum Gasteiger partial charge on any atom is 0.408 e. The van der Waals surface area contributed by atoms with Crippen molar-refractivity contribution in [3.05, 3.63) is 35.4 Å². The van der Waals surface area contributed by atoms with Crippen LogP contribution >= 0.6 is 0 Å². The fourth-order valence-electron chi connectivity index (χ4n) is 3.59. The summed E-state index contributed by atoms with van der Waals surface area (Å²) >= 11 is 0. The zero-order valence-corrected chi connectivity index (χ0v) is 21.8. The van der Waals surface area contributed by atoms with Crippen molar-refractivity contribution < 1.29 is 19.1 Å². The molecule has 2 atom stereocenters. The van der Waals surface area contributed by atoms with E-state index in [-0.39, 0.29) is 30.4 Å². The molecule has 2 unspecified atom stereocenters. The highest BCUT2D eigenvalue weighted by Gasteiger charge is 2.35. The van der Waals surface area contributed by atoms with E-state index in [0.29, 0.717) is 5.92 Å². The van der Waals surface area contributed by atoms with Crippen molar-refractivity contribution in [2.45, 2.75) is 98.9 Å². The van der Waals surface area contributed by atoms with Crippen LogP contribution in [0.2, 0.25) is 0 Å². The molecule has 7 heteroatoms. The van der Waals surface area contributed by atoms with Crippen molar-refractivity contribution >= 4 is 17.9 Å². The Kier molecular flexibility index (Phi) is 10.9. The zero-order valence-electron chi connectivity index (χ0n) is 21.8. The number of nitrogens with one attached hydrogen (secondary N) is 2. The summed E-state index contributed by atoms with van der Waals surface area (Å²) in [6.45, 7) is 17.0. The first-order valence-electron chi connectivity index (χ1n) is 11.9. The molecule has 0 bridgehead atoms. The molecule has 1 aromatic rings. The van der Waals surface area contributed by atoms with Gasteiger partial charge in [-0.2, -0.15) is 0 Å². The number of nitrogens with zero attached hydrogens (tertiary/aromatic N) is 1. The number of aryl methyl sites for hydroxylation is 1. The van der Waals surface area contributed by atoms with Crippen LogP contribution in [0.15, 0.2) is 24.3 Å². The molecule has 0 aromatic heterocycles. The fraction of sp³-hybridized carbons (Fsp3) is 0.654. The largest absolute Gasteiger partial charge is 0.444 e. The summed E-state index contributed by atoms with van der Waals surface area (Å²) in [5.74, 6) is -0.101. The quantitative estimate of drug-likeness (QED) is 0.527. The Morgan fingerprint density at radius 2 is 1.61 bits per heavy atom. The van der Waals surface area contributed by atoms with Crippen LogP contribution in [0, 0.1) is 12.8 Å². The minimum absolute atomic E-state index is 0.0770. The zero-order chi connectivity index (χ0) is 25.3. The molecule has 7 nitrogen and oxygen atoms in total. The Labute approximate surface area is 199 Å². The van der Waals surface area contributed by atoms with E-state index in [9.17, 15) is 14.4 Å². The van der Waals surface area contributed by atoms with Crippen molar-refractivity contribution in [3.8, 4) is 0 Å². The van der Waals surface area contributed by atoms with Crippen molar-refractivity contribution in [2.24, 2.45) is 5.92 Å². The molecule has 0 saturated carbocycles. The maximum absolute atomic E-state index is 13.5. The van der Waals surface area contributed by atoms with Crippen LogP contribution in [0.5, 0.6) is 0 Å². The van der Waals surface area contributed by atoms with Crippen LogP contribution in [-0.2, 0) is 14.3 Å². The van der Waals surface area contributed by atoms with Crippen molar-refractivity contribution in [2.75, 3.05) is 6.54 Å². The van der Waals surface area contributed by atoms with E-state index in [1.807, 2.05) is 52.0 Å². The summed E-state index contributed by atoms with van der Waals surface area (Å²) in [6, 6.07) is 6.52. The first-order valence-corrected chi connectivity index (χ1v) is 11.9. The number of ether oxygens (including phenoxy) is 1. The molecule has 0 aliphatic carbocycles. The molecule has 186 valence electrons. The minimum Gasteiger partial charge on any atom is -0.444 e. The van der Waals surface area contributed by atoms with Crippen LogP contribution in [0.1, 0.15) is 85.4 Å². The molecule has 0 aliphatic heterocycles. The second-order valence-electron chi connectivity index (χ2n) is 10.4. The van der Waals surface area contributed by atoms with Gasteiger partial charge in [0, 0.05) is 12.1 Å². The molecular weight excluding hydrogens is 418 g/mol. The molecule has 3 amide bonds. The Hall–Kier alpha value is -2.57. The van der Waals surface area contributed by atoms with Gasteiger partial charge < -0.3 is 20.3 Å². The van der Waals surface area contributed by atoms with Gasteiger partial charge in [0.15, 0.2) is 0 Å². The fourth-order valence-corrected chi connectivity index (χ4v) is 3.59. The second kappa shape index (κ2) is 12.6. The molecule has 0 fully saturated rings. The molecule has 1 rings (SSSR count). The van der Waals surface area contributed by atoms with Gasteiger partial charge in [-0.25, -0.2) is 4.79 Å². The monoisotopic (exact) mass is 461 g/mol. The summed E-state index contributed by atoms with van der Waals surface area (Å²) in [4.78, 5) is 40.7. The van der Waals surface area contributed by atoms with E-state index < -0.39 is 17.7 Å². The summed E-state index contributed by atoms with van der Waals surface area (Å²) in [5, 5.41) is 5.53. The number of rotatable bonds is 10. The lowest BCUT2D eigenvalue weighted by Crippen LogP contribution is -2.52. The Morgan fingerprint density at radius 1 is 1.00 bits per heavy atom. The number of benzene rings is 1. The molecule has 0 saturated heterocycles. The number of carbonyl (C=O) groups excluding carboxylic acids is 3. The third-order valence-electron chi connectivity index (χ3n) is 5.15. The Bertz CT molecular complexity index is 799. The number of alkyl carbamates (subject to hydrolysis) is 1. The lowest BCUT2D eigenvalue weighted by Gasteiger charge is -2.37. The molecule has 0 spiro atoms. The Morgan fingerprint density at radius 3 is 2.12 bits per heavy atom. The highest BCUT2D eigenvalue weighted by molar-refractivity contribution is 5.91. The number of hydrogen-bond acceptors (Lipinski definition) is 4. The molecule has 0 heterocycles. The number of hydrogen-bond donors (Lipinski definition) is 2. The molecule has 0 radical (unpaired) electrons. The number of carbonyl (C=O) groups is 3. The topological polar surface area (TPSA) is 87.7 Å². The van der Waals surface area contributed by atoms with Gasteiger partial charge in [-0.1, -0.05) is 38.1 Å². The van der Waals surface area contributed by atoms with E-state index in [2.05, 4.69) is 24.5 Å². The van der Waals surface area contributed by atoms with Gasteiger partial charge in [0.1, 0.15) is 18.2 Å². The van der Waals surface area contributed by atoms with Crippen molar-refractivity contribution in [3.63, 3.8) is 0 Å². The van der Waals surface area contributed by atoms with Gasteiger partial charge in [-0.05, 0) is 78.4 Å². The maximum atomic E-state index is 13.5. The lowest BCUT2D eigenvalue weighted by atomic mass is 9.95. The number of amides is 3. The van der Waals surface area contributed by atoms with Crippen LogP contribution in [0.3, 0.4) is 0 Å². The predicted octanol–water partition coefficient (Wildman–Crippen LogP) is 4.74. The third-order valence-corrected chi connectivity index (χ3v) is 5.15. The van der Waals surface area contributed by atoms with Crippen LogP contribution in [0.25, 0.3) is 0 Å². The molecule has 0 aliphatic rings. The van der Waals surface area contributed by atoms with E-state index in [1.54, 1.807) is 25.7 Å². The lowest BCUT2D eigenvalue weighted by molar-refractivity contribution is -0.143. The average Bonchev–Trinajstić information content (AvgIpc) is 2.67. The second-order valence-corrected chi connectivity index (χ2v) is 10.4. The van der Waals surface area contributed by atoms with Crippen molar-refractivity contribution in [1.29, 1.82) is 0 Å². The first kappa shape index (κ1) is 28.5. The highest BCUT2D eigenvalue weighted by Crippen LogP contribution is 2.28. The predicted molar refractivity (Wildman–Crippen MR) is 132 cm³/mol. The summed E-state index contributed by atoms with van der Waals surface area (Å²) < 4.78 is 5.27. The van der Waals surface area contributed by atoms with E-state index >= 15 is 0 Å². The summed E-state index contributed by atoms with van der Waals surface area (Å²) in [6.07, 6.45) is 0.994. The highest BCUT2D eigenvalue weighted by atomic mass is 16.6. The van der Waals surface area contributed by atoms with Gasteiger partial charge in [0.25, 0.3) is 0 Å². The van der Waals surface area contributed by atoms with E-state index in [0.717, 1.165) is 24.0 Å². The third kappa shape index (κ3) is 9.84. The van der Waals surface area contributed by atoms with Crippen LogP contribution in [0.4, 0.5) is 4.79 Å². The first-order chi connectivity index (χ1) is 15.2. The SMILES string of the molecule is Cc1ccccc1C(C(=O)NC(C)C)N(C(=O)CNC(=O)OC(C)(C)C)C(C)CCC(C)C. The summed E-state index contributed by atoms with van der Waals surface area (Å²) in [7, 11) is 0. The van der Waals surface area contributed by atoms with Gasteiger partial charge >= 0.3 is 6.09 Å². The normalized spacial score (nSPS) is 13.4. The molecule has 2 N–H and O–H groups in total. The minimum atomic E-state index is -0.802.